The molecule has 0 aromatic heterocycles. The minimum Gasteiger partial charge on any atom is -0.349 e. The number of carbonyl (C=O) groups excluding carboxylic acids is 2. The largest absolute Gasteiger partial charge is 0.349 e. The zero-order valence-electron chi connectivity index (χ0n) is 10.9. The molecule has 2 fully saturated rings. The van der Waals surface area contributed by atoms with Crippen molar-refractivity contribution in [1.82, 2.24) is 10.2 Å². The van der Waals surface area contributed by atoms with Crippen molar-refractivity contribution in [2.45, 2.75) is 38.3 Å². The summed E-state index contributed by atoms with van der Waals surface area (Å²) < 4.78 is 0. The molecule has 0 atom stereocenters. The van der Waals surface area contributed by atoms with Crippen molar-refractivity contribution in [3.8, 4) is 0 Å². The summed E-state index contributed by atoms with van der Waals surface area (Å²) in [6.45, 7) is 1.45. The van der Waals surface area contributed by atoms with Crippen molar-refractivity contribution < 1.29 is 9.59 Å². The fraction of sp³-hybridized carbons (Fsp3) is 0.467. The molecule has 19 heavy (non-hydrogen) atoms. The molecule has 1 heterocycles. The van der Waals surface area contributed by atoms with Crippen molar-refractivity contribution in [2.75, 3.05) is 6.54 Å². The van der Waals surface area contributed by atoms with E-state index in [-0.39, 0.29) is 11.8 Å². The van der Waals surface area contributed by atoms with Crippen LogP contribution in [0, 0.1) is 0 Å². The lowest BCUT2D eigenvalue weighted by Gasteiger charge is -2.16. The van der Waals surface area contributed by atoms with Gasteiger partial charge in [0.2, 0.25) is 5.91 Å². The van der Waals surface area contributed by atoms with Crippen LogP contribution < -0.4 is 5.32 Å². The Morgan fingerprint density at radius 3 is 2.89 bits per heavy atom. The third kappa shape index (κ3) is 2.95. The average Bonchev–Trinajstić information content (AvgIpc) is 3.13. The fourth-order valence-corrected chi connectivity index (χ4v) is 2.40. The summed E-state index contributed by atoms with van der Waals surface area (Å²) in [5.74, 6) is 0.213. The third-order valence-corrected chi connectivity index (χ3v) is 3.65. The Labute approximate surface area is 112 Å². The van der Waals surface area contributed by atoms with E-state index in [0.29, 0.717) is 24.6 Å². The predicted molar refractivity (Wildman–Crippen MR) is 71.6 cm³/mol. The first-order valence-corrected chi connectivity index (χ1v) is 6.90. The van der Waals surface area contributed by atoms with Gasteiger partial charge in [0.25, 0.3) is 5.91 Å². The highest BCUT2D eigenvalue weighted by Crippen LogP contribution is 2.20. The zero-order valence-corrected chi connectivity index (χ0v) is 10.9. The molecule has 1 aliphatic carbocycles. The lowest BCUT2D eigenvalue weighted by molar-refractivity contribution is -0.128. The normalized spacial score (nSPS) is 18.7. The van der Waals surface area contributed by atoms with Crippen LogP contribution in [-0.2, 0) is 11.3 Å². The van der Waals surface area contributed by atoms with E-state index in [1.807, 2.05) is 29.2 Å². The van der Waals surface area contributed by atoms with Gasteiger partial charge in [0, 0.05) is 31.1 Å². The molecule has 4 nitrogen and oxygen atoms in total. The number of hydrogen-bond acceptors (Lipinski definition) is 2. The maximum atomic E-state index is 12.0. The number of nitrogens with zero attached hydrogens (tertiary/aromatic N) is 1. The molecule has 1 saturated heterocycles. The van der Waals surface area contributed by atoms with Crippen LogP contribution >= 0.6 is 0 Å². The molecule has 1 aliphatic heterocycles. The second-order valence-electron chi connectivity index (χ2n) is 5.37. The van der Waals surface area contributed by atoms with Gasteiger partial charge in [-0.15, -0.1) is 0 Å². The van der Waals surface area contributed by atoms with E-state index < -0.39 is 0 Å². The molecule has 1 aromatic rings. The van der Waals surface area contributed by atoms with Gasteiger partial charge in [-0.25, -0.2) is 0 Å². The van der Waals surface area contributed by atoms with Gasteiger partial charge in [0.15, 0.2) is 0 Å². The highest BCUT2D eigenvalue weighted by molar-refractivity contribution is 5.94. The van der Waals surface area contributed by atoms with Crippen LogP contribution in [0.25, 0.3) is 0 Å². The number of amides is 2. The standard InChI is InChI=1S/C15H18N2O2/c18-14-5-2-8-17(14)10-11-3-1-4-12(9-11)15(19)16-13-6-7-13/h1,3-4,9,13H,2,5-8,10H2,(H,16,19). The van der Waals surface area contributed by atoms with Gasteiger partial charge in [0.05, 0.1) is 0 Å². The van der Waals surface area contributed by atoms with Crippen LogP contribution in [0.5, 0.6) is 0 Å². The SMILES string of the molecule is O=C(NC1CC1)c1cccc(CN2CCCC2=O)c1. The Balaban J connectivity index is 1.68. The number of hydrogen-bond donors (Lipinski definition) is 1. The second kappa shape index (κ2) is 5.03. The summed E-state index contributed by atoms with van der Waals surface area (Å²) in [6.07, 6.45) is 3.78. The highest BCUT2D eigenvalue weighted by atomic mass is 16.2. The van der Waals surface area contributed by atoms with E-state index in [0.717, 1.165) is 31.4 Å². The van der Waals surface area contributed by atoms with Gasteiger partial charge in [-0.2, -0.15) is 0 Å². The molecule has 0 spiro atoms. The first-order valence-electron chi connectivity index (χ1n) is 6.90. The Morgan fingerprint density at radius 1 is 1.37 bits per heavy atom. The smallest absolute Gasteiger partial charge is 0.251 e. The number of nitrogens with one attached hydrogen (secondary N) is 1. The molecular formula is C15H18N2O2. The summed E-state index contributed by atoms with van der Waals surface area (Å²) in [5.41, 5.74) is 1.72. The maximum absolute atomic E-state index is 12.0. The highest BCUT2D eigenvalue weighted by Gasteiger charge is 2.24. The van der Waals surface area contributed by atoms with E-state index in [9.17, 15) is 9.59 Å². The Hall–Kier alpha value is -1.84. The van der Waals surface area contributed by atoms with Crippen molar-refractivity contribution in [2.24, 2.45) is 0 Å². The predicted octanol–water partition coefficient (Wildman–Crippen LogP) is 1.70. The van der Waals surface area contributed by atoms with Gasteiger partial charge < -0.3 is 10.2 Å². The van der Waals surface area contributed by atoms with E-state index in [2.05, 4.69) is 5.32 Å². The van der Waals surface area contributed by atoms with Gasteiger partial charge >= 0.3 is 0 Å². The van der Waals surface area contributed by atoms with Crippen LogP contribution in [-0.4, -0.2) is 29.3 Å². The molecule has 0 bridgehead atoms. The van der Waals surface area contributed by atoms with E-state index in [1.54, 1.807) is 0 Å². The van der Waals surface area contributed by atoms with Crippen molar-refractivity contribution in [3.05, 3.63) is 35.4 Å². The zero-order chi connectivity index (χ0) is 13.2. The first-order chi connectivity index (χ1) is 9.22. The minimum absolute atomic E-state index is 0.00269. The molecule has 2 aliphatic rings. The van der Waals surface area contributed by atoms with Crippen LogP contribution in [0.3, 0.4) is 0 Å². The Bertz CT molecular complexity index is 509. The summed E-state index contributed by atoms with van der Waals surface area (Å²) >= 11 is 0. The molecule has 2 amide bonds. The third-order valence-electron chi connectivity index (χ3n) is 3.65. The topological polar surface area (TPSA) is 49.4 Å². The Kier molecular flexibility index (Phi) is 3.23. The van der Waals surface area contributed by atoms with Crippen molar-refractivity contribution in [3.63, 3.8) is 0 Å². The monoisotopic (exact) mass is 258 g/mol. The van der Waals surface area contributed by atoms with E-state index >= 15 is 0 Å². The lowest BCUT2D eigenvalue weighted by atomic mass is 10.1. The van der Waals surface area contributed by atoms with Gasteiger partial charge in [-0.05, 0) is 37.0 Å². The molecule has 1 aromatic carbocycles. The van der Waals surface area contributed by atoms with Gasteiger partial charge in [-0.3, -0.25) is 9.59 Å². The maximum Gasteiger partial charge on any atom is 0.251 e. The molecule has 100 valence electrons. The lowest BCUT2D eigenvalue weighted by Crippen LogP contribution is -2.26. The molecule has 1 N–H and O–H groups in total. The summed E-state index contributed by atoms with van der Waals surface area (Å²) in [7, 11) is 0. The van der Waals surface area contributed by atoms with Crippen LogP contribution in [0.15, 0.2) is 24.3 Å². The van der Waals surface area contributed by atoms with Gasteiger partial charge in [-0.1, -0.05) is 12.1 Å². The molecule has 3 rings (SSSR count). The summed E-state index contributed by atoms with van der Waals surface area (Å²) in [4.78, 5) is 25.4. The van der Waals surface area contributed by atoms with E-state index in [1.165, 1.54) is 0 Å². The van der Waals surface area contributed by atoms with Gasteiger partial charge in [0.1, 0.15) is 0 Å². The van der Waals surface area contributed by atoms with Crippen molar-refractivity contribution >= 4 is 11.8 Å². The Morgan fingerprint density at radius 2 is 2.21 bits per heavy atom. The fourth-order valence-electron chi connectivity index (χ4n) is 2.40. The summed E-state index contributed by atoms with van der Waals surface area (Å²) in [6, 6.07) is 7.95. The second-order valence-corrected chi connectivity index (χ2v) is 5.37. The molecule has 0 radical (unpaired) electrons. The number of likely N-dealkylation sites (tertiary alicyclic amines) is 1. The van der Waals surface area contributed by atoms with E-state index in [4.69, 9.17) is 0 Å². The number of benzene rings is 1. The molecular weight excluding hydrogens is 240 g/mol. The molecule has 4 heteroatoms. The van der Waals surface area contributed by atoms with Crippen LogP contribution in [0.1, 0.15) is 41.6 Å². The molecule has 0 unspecified atom stereocenters. The van der Waals surface area contributed by atoms with Crippen LogP contribution in [0.4, 0.5) is 0 Å². The first kappa shape index (κ1) is 12.2. The number of rotatable bonds is 4. The summed E-state index contributed by atoms with van der Waals surface area (Å²) in [5, 5.41) is 2.98. The molecule has 1 saturated carbocycles. The van der Waals surface area contributed by atoms with Crippen LogP contribution in [0.2, 0.25) is 0 Å². The quantitative estimate of drug-likeness (QED) is 0.893. The number of carbonyl (C=O) groups is 2. The van der Waals surface area contributed by atoms with Crippen molar-refractivity contribution in [1.29, 1.82) is 0 Å². The minimum atomic E-state index is -0.00269. The average molecular weight is 258 g/mol.